The zero-order chi connectivity index (χ0) is 14.5. The van der Waals surface area contributed by atoms with Gasteiger partial charge in [0.25, 0.3) is 0 Å². The van der Waals surface area contributed by atoms with E-state index in [9.17, 15) is 0 Å². The van der Waals surface area contributed by atoms with Crippen LogP contribution in [0.15, 0.2) is 0 Å². The van der Waals surface area contributed by atoms with Crippen LogP contribution < -0.4 is 15.0 Å². The summed E-state index contributed by atoms with van der Waals surface area (Å²) in [6, 6.07) is 0.406. The lowest BCUT2D eigenvalue weighted by Gasteiger charge is -2.17. The third-order valence-electron chi connectivity index (χ3n) is 3.68. The summed E-state index contributed by atoms with van der Waals surface area (Å²) in [7, 11) is 0. The second kappa shape index (κ2) is 6.72. The summed E-state index contributed by atoms with van der Waals surface area (Å²) in [6.07, 6.45) is 1.03. The van der Waals surface area contributed by atoms with Crippen molar-refractivity contribution < 1.29 is 4.74 Å². The van der Waals surface area contributed by atoms with Gasteiger partial charge < -0.3 is 15.0 Å². The fourth-order valence-electron chi connectivity index (χ4n) is 2.29. The molecule has 0 amide bonds. The topological polar surface area (TPSA) is 63.2 Å². The Morgan fingerprint density at radius 2 is 1.85 bits per heavy atom. The molecule has 2 rings (SSSR count). The first-order valence-corrected chi connectivity index (χ1v) is 7.51. The maximum atomic E-state index is 5.45. The zero-order valence-electron chi connectivity index (χ0n) is 12.9. The summed E-state index contributed by atoms with van der Waals surface area (Å²) < 4.78 is 5.45. The first-order valence-electron chi connectivity index (χ1n) is 7.51. The van der Waals surface area contributed by atoms with E-state index in [2.05, 4.69) is 45.9 Å². The molecule has 2 heterocycles. The van der Waals surface area contributed by atoms with E-state index < -0.39 is 0 Å². The number of nitrogens with one attached hydrogen (secondary N) is 1. The average molecular weight is 279 g/mol. The Morgan fingerprint density at radius 1 is 1.15 bits per heavy atom. The van der Waals surface area contributed by atoms with Gasteiger partial charge in [-0.1, -0.05) is 20.8 Å². The second-order valence-corrected chi connectivity index (χ2v) is 5.46. The quantitative estimate of drug-likeness (QED) is 0.861. The molecule has 1 aliphatic rings. The van der Waals surface area contributed by atoms with Crippen LogP contribution in [0.4, 0.5) is 11.9 Å². The first kappa shape index (κ1) is 14.8. The molecule has 0 aromatic carbocycles. The summed E-state index contributed by atoms with van der Waals surface area (Å²) in [4.78, 5) is 15.4. The molecule has 6 heteroatoms. The molecule has 0 bridgehead atoms. The number of ether oxygens (including phenoxy) is 1. The van der Waals surface area contributed by atoms with Crippen LogP contribution in [0.25, 0.3) is 0 Å². The Hall–Kier alpha value is -1.59. The highest BCUT2D eigenvalue weighted by Gasteiger charge is 2.28. The predicted molar refractivity (Wildman–Crippen MR) is 80.3 cm³/mol. The zero-order valence-corrected chi connectivity index (χ0v) is 12.9. The van der Waals surface area contributed by atoms with Gasteiger partial charge in [-0.2, -0.15) is 15.0 Å². The van der Waals surface area contributed by atoms with Crippen LogP contribution in [0.1, 0.15) is 34.1 Å². The van der Waals surface area contributed by atoms with Crippen molar-refractivity contribution in [3.8, 4) is 6.01 Å². The van der Waals surface area contributed by atoms with E-state index in [-0.39, 0.29) is 0 Å². The van der Waals surface area contributed by atoms with Gasteiger partial charge in [0.2, 0.25) is 11.9 Å². The Balaban J connectivity index is 2.20. The standard InChI is InChI=1S/C14H25N5O/c1-5-7-15-12-16-13(18-14(17-12)20-6-2)19-8-10(3)11(4)9-19/h10-11H,5-9H2,1-4H3,(H,15,16,17,18). The van der Waals surface area contributed by atoms with E-state index in [4.69, 9.17) is 4.74 Å². The number of rotatable bonds is 6. The normalized spacial score (nSPS) is 22.1. The van der Waals surface area contributed by atoms with E-state index in [0.29, 0.717) is 30.4 Å². The predicted octanol–water partition coefficient (Wildman–Crippen LogP) is 2.18. The smallest absolute Gasteiger partial charge is 0.323 e. The SMILES string of the molecule is CCCNc1nc(OCC)nc(N2CC(C)C(C)C2)n1. The Morgan fingerprint density at radius 3 is 2.45 bits per heavy atom. The van der Waals surface area contributed by atoms with Gasteiger partial charge >= 0.3 is 6.01 Å². The lowest BCUT2D eigenvalue weighted by Crippen LogP contribution is -2.23. The van der Waals surface area contributed by atoms with Gasteiger partial charge in [0.15, 0.2) is 0 Å². The highest BCUT2D eigenvalue weighted by Crippen LogP contribution is 2.26. The van der Waals surface area contributed by atoms with E-state index in [1.165, 1.54) is 0 Å². The first-order chi connectivity index (χ1) is 9.63. The lowest BCUT2D eigenvalue weighted by atomic mass is 10.0. The van der Waals surface area contributed by atoms with E-state index in [0.717, 1.165) is 32.0 Å². The van der Waals surface area contributed by atoms with Crippen molar-refractivity contribution in [2.45, 2.75) is 34.1 Å². The van der Waals surface area contributed by atoms with Crippen molar-refractivity contribution in [1.82, 2.24) is 15.0 Å². The highest BCUT2D eigenvalue weighted by atomic mass is 16.5. The van der Waals surface area contributed by atoms with Crippen LogP contribution in [0.5, 0.6) is 6.01 Å². The van der Waals surface area contributed by atoms with Crippen molar-refractivity contribution >= 4 is 11.9 Å². The van der Waals surface area contributed by atoms with Crippen LogP contribution in [0, 0.1) is 11.8 Å². The monoisotopic (exact) mass is 279 g/mol. The van der Waals surface area contributed by atoms with E-state index >= 15 is 0 Å². The van der Waals surface area contributed by atoms with Gasteiger partial charge in [0.05, 0.1) is 6.61 Å². The van der Waals surface area contributed by atoms with Gasteiger partial charge in [0, 0.05) is 19.6 Å². The molecule has 2 atom stereocenters. The molecule has 6 nitrogen and oxygen atoms in total. The number of hydrogen-bond donors (Lipinski definition) is 1. The molecule has 20 heavy (non-hydrogen) atoms. The van der Waals surface area contributed by atoms with Crippen molar-refractivity contribution in [2.75, 3.05) is 36.5 Å². The molecule has 0 saturated carbocycles. The number of nitrogens with zero attached hydrogens (tertiary/aromatic N) is 4. The molecule has 1 aliphatic heterocycles. The molecule has 0 aliphatic carbocycles. The summed E-state index contributed by atoms with van der Waals surface area (Å²) in [5.41, 5.74) is 0. The number of hydrogen-bond acceptors (Lipinski definition) is 6. The van der Waals surface area contributed by atoms with Crippen molar-refractivity contribution in [1.29, 1.82) is 0 Å². The molecule has 1 N–H and O–H groups in total. The molecule has 0 radical (unpaired) electrons. The van der Waals surface area contributed by atoms with Gasteiger partial charge in [-0.25, -0.2) is 0 Å². The Labute approximate surface area is 121 Å². The molecular formula is C14H25N5O. The number of aromatic nitrogens is 3. The fraction of sp³-hybridized carbons (Fsp3) is 0.786. The van der Waals surface area contributed by atoms with Crippen molar-refractivity contribution in [3.05, 3.63) is 0 Å². The number of anilines is 2. The third-order valence-corrected chi connectivity index (χ3v) is 3.68. The van der Waals surface area contributed by atoms with Gasteiger partial charge in [0.1, 0.15) is 0 Å². The fourth-order valence-corrected chi connectivity index (χ4v) is 2.29. The van der Waals surface area contributed by atoms with Gasteiger partial charge in [-0.3, -0.25) is 0 Å². The Kier molecular flexibility index (Phi) is 4.98. The highest BCUT2D eigenvalue weighted by molar-refractivity contribution is 5.39. The minimum Gasteiger partial charge on any atom is -0.464 e. The molecule has 1 aromatic rings. The van der Waals surface area contributed by atoms with Crippen LogP contribution in [-0.2, 0) is 0 Å². The second-order valence-electron chi connectivity index (χ2n) is 5.46. The maximum Gasteiger partial charge on any atom is 0.323 e. The minimum atomic E-state index is 0.406. The minimum absolute atomic E-state index is 0.406. The lowest BCUT2D eigenvalue weighted by molar-refractivity contribution is 0.312. The molecular weight excluding hydrogens is 254 g/mol. The molecule has 1 fully saturated rings. The van der Waals surface area contributed by atoms with E-state index in [1.807, 2.05) is 6.92 Å². The maximum absolute atomic E-state index is 5.45. The average Bonchev–Trinajstić information content (AvgIpc) is 2.77. The summed E-state index contributed by atoms with van der Waals surface area (Å²) in [6.45, 7) is 12.0. The molecule has 0 spiro atoms. The summed E-state index contributed by atoms with van der Waals surface area (Å²) >= 11 is 0. The summed E-state index contributed by atoms with van der Waals surface area (Å²) in [5.74, 6) is 2.65. The molecule has 112 valence electrons. The van der Waals surface area contributed by atoms with Gasteiger partial charge in [-0.15, -0.1) is 0 Å². The van der Waals surface area contributed by atoms with Crippen LogP contribution in [-0.4, -0.2) is 41.2 Å². The van der Waals surface area contributed by atoms with Crippen LogP contribution in [0.2, 0.25) is 0 Å². The largest absolute Gasteiger partial charge is 0.464 e. The van der Waals surface area contributed by atoms with Crippen molar-refractivity contribution in [3.63, 3.8) is 0 Å². The van der Waals surface area contributed by atoms with Crippen molar-refractivity contribution in [2.24, 2.45) is 11.8 Å². The molecule has 1 saturated heterocycles. The Bertz CT molecular complexity index is 430. The van der Waals surface area contributed by atoms with Crippen LogP contribution in [0.3, 0.4) is 0 Å². The van der Waals surface area contributed by atoms with Crippen LogP contribution >= 0.6 is 0 Å². The van der Waals surface area contributed by atoms with Gasteiger partial charge in [-0.05, 0) is 25.2 Å². The third kappa shape index (κ3) is 3.49. The summed E-state index contributed by atoms with van der Waals surface area (Å²) in [5, 5.41) is 3.21. The van der Waals surface area contributed by atoms with E-state index in [1.54, 1.807) is 0 Å². The molecule has 1 aromatic heterocycles. The molecule has 2 unspecified atom stereocenters.